The first-order valence-corrected chi connectivity index (χ1v) is 8.47. The topological polar surface area (TPSA) is 75.6 Å². The van der Waals surface area contributed by atoms with Gasteiger partial charge in [-0.25, -0.2) is 9.18 Å². The van der Waals surface area contributed by atoms with E-state index in [1.807, 2.05) is 0 Å². The monoisotopic (exact) mass is 395 g/mol. The molecule has 146 valence electrons. The lowest BCUT2D eigenvalue weighted by atomic mass is 10.1. The first kappa shape index (κ1) is 19.8. The van der Waals surface area contributed by atoms with Crippen LogP contribution >= 0.6 is 0 Å². The molecule has 0 aliphatic heterocycles. The van der Waals surface area contributed by atoms with Gasteiger partial charge in [-0.3, -0.25) is 4.79 Å². The molecule has 0 bridgehead atoms. The van der Waals surface area contributed by atoms with Crippen molar-refractivity contribution in [3.8, 4) is 11.5 Å². The number of halogens is 2. The number of amides is 1. The summed E-state index contributed by atoms with van der Waals surface area (Å²) in [6, 6.07) is 17.7. The van der Waals surface area contributed by atoms with Gasteiger partial charge in [-0.2, -0.15) is 4.39 Å². The zero-order valence-electron chi connectivity index (χ0n) is 14.9. The van der Waals surface area contributed by atoms with E-state index in [0.717, 1.165) is 6.07 Å². The van der Waals surface area contributed by atoms with Crippen molar-refractivity contribution in [2.45, 2.75) is 0 Å². The highest BCUT2D eigenvalue weighted by Crippen LogP contribution is 2.26. The molecule has 0 aliphatic rings. The fraction of sp³-hybridized carbons (Fsp3) is 0. The summed E-state index contributed by atoms with van der Waals surface area (Å²) < 4.78 is 32.2. The largest absolute Gasteiger partial charge is 0.477 e. The summed E-state index contributed by atoms with van der Waals surface area (Å²) in [5.74, 6) is -4.03. The van der Waals surface area contributed by atoms with Gasteiger partial charge in [0, 0.05) is 5.56 Å². The molecule has 5 nitrogen and oxygen atoms in total. The molecule has 7 heteroatoms. The van der Waals surface area contributed by atoms with Gasteiger partial charge in [0.2, 0.25) is 5.82 Å². The minimum Gasteiger partial charge on any atom is -0.477 e. The molecule has 3 rings (SSSR count). The Hall–Kier alpha value is -4.00. The van der Waals surface area contributed by atoms with Crippen molar-refractivity contribution in [2.24, 2.45) is 0 Å². The van der Waals surface area contributed by atoms with Gasteiger partial charge in [-0.15, -0.1) is 0 Å². The molecular formula is C22H15F2NO4. The van der Waals surface area contributed by atoms with Gasteiger partial charge in [-0.05, 0) is 48.0 Å². The number of carboxylic acids is 1. The van der Waals surface area contributed by atoms with Gasteiger partial charge in [0.15, 0.2) is 11.6 Å². The molecule has 0 fully saturated rings. The molecule has 0 radical (unpaired) electrons. The Morgan fingerprint density at radius 3 is 2.24 bits per heavy atom. The van der Waals surface area contributed by atoms with E-state index in [0.29, 0.717) is 11.1 Å². The van der Waals surface area contributed by atoms with E-state index in [1.165, 1.54) is 42.5 Å². The normalized spacial score (nSPS) is 11.0. The van der Waals surface area contributed by atoms with Crippen LogP contribution in [0.3, 0.4) is 0 Å². The Bertz CT molecular complexity index is 1060. The van der Waals surface area contributed by atoms with Crippen molar-refractivity contribution in [3.63, 3.8) is 0 Å². The number of ether oxygens (including phenoxy) is 1. The molecule has 3 aromatic carbocycles. The predicted molar refractivity (Wildman–Crippen MR) is 102 cm³/mol. The van der Waals surface area contributed by atoms with Crippen LogP contribution in [0.15, 0.2) is 78.5 Å². The molecule has 1 amide bonds. The highest BCUT2D eigenvalue weighted by Gasteiger charge is 2.13. The van der Waals surface area contributed by atoms with Gasteiger partial charge in [0.1, 0.15) is 11.4 Å². The van der Waals surface area contributed by atoms with E-state index < -0.39 is 23.5 Å². The number of carbonyl (C=O) groups excluding carboxylic acids is 1. The van der Waals surface area contributed by atoms with Crippen LogP contribution < -0.4 is 10.1 Å². The Balaban J connectivity index is 1.76. The lowest BCUT2D eigenvalue weighted by Crippen LogP contribution is -2.27. The van der Waals surface area contributed by atoms with E-state index in [-0.39, 0.29) is 17.2 Å². The average Bonchev–Trinajstić information content (AvgIpc) is 2.72. The fourth-order valence-corrected chi connectivity index (χ4v) is 2.42. The van der Waals surface area contributed by atoms with Gasteiger partial charge >= 0.3 is 5.97 Å². The summed E-state index contributed by atoms with van der Waals surface area (Å²) in [6.07, 6.45) is 1.27. The zero-order chi connectivity index (χ0) is 20.8. The van der Waals surface area contributed by atoms with Crippen molar-refractivity contribution in [1.82, 2.24) is 5.32 Å². The zero-order valence-corrected chi connectivity index (χ0v) is 14.9. The summed E-state index contributed by atoms with van der Waals surface area (Å²) in [6.45, 7) is 0. The van der Waals surface area contributed by atoms with Gasteiger partial charge in [0.25, 0.3) is 5.91 Å². The molecule has 0 aromatic heterocycles. The maximum Gasteiger partial charge on any atom is 0.352 e. The summed E-state index contributed by atoms with van der Waals surface area (Å²) in [5, 5.41) is 11.7. The van der Waals surface area contributed by atoms with Gasteiger partial charge < -0.3 is 15.2 Å². The second-order valence-electron chi connectivity index (χ2n) is 5.91. The Morgan fingerprint density at radius 2 is 1.59 bits per heavy atom. The highest BCUT2D eigenvalue weighted by atomic mass is 19.2. The number of hydrogen-bond acceptors (Lipinski definition) is 3. The van der Waals surface area contributed by atoms with E-state index >= 15 is 0 Å². The minimum atomic E-state index is -1.31. The van der Waals surface area contributed by atoms with Crippen LogP contribution in [0.1, 0.15) is 15.9 Å². The number of aliphatic carboxylic acids is 1. The number of rotatable bonds is 6. The molecule has 0 unspecified atom stereocenters. The maximum atomic E-state index is 13.7. The van der Waals surface area contributed by atoms with Crippen LogP contribution in [0.2, 0.25) is 0 Å². The van der Waals surface area contributed by atoms with Crippen molar-refractivity contribution >= 4 is 18.0 Å². The quantitative estimate of drug-likeness (QED) is 0.598. The number of benzene rings is 3. The fourth-order valence-electron chi connectivity index (χ4n) is 2.42. The number of hydrogen-bond donors (Lipinski definition) is 2. The van der Waals surface area contributed by atoms with E-state index in [4.69, 9.17) is 4.74 Å². The number of carboxylic acid groups (broad SMARTS) is 1. The van der Waals surface area contributed by atoms with Crippen LogP contribution in [0.4, 0.5) is 8.78 Å². The lowest BCUT2D eigenvalue weighted by molar-refractivity contribution is -0.132. The van der Waals surface area contributed by atoms with Gasteiger partial charge in [0.05, 0.1) is 0 Å². The third kappa shape index (κ3) is 5.04. The lowest BCUT2D eigenvalue weighted by Gasteiger charge is -2.08. The van der Waals surface area contributed by atoms with Crippen LogP contribution in [0.25, 0.3) is 6.08 Å². The highest BCUT2D eigenvalue weighted by molar-refractivity contribution is 6.02. The molecule has 0 aliphatic carbocycles. The van der Waals surface area contributed by atoms with Crippen LogP contribution in [0.5, 0.6) is 11.5 Å². The third-order valence-corrected chi connectivity index (χ3v) is 3.85. The minimum absolute atomic E-state index is 0.233. The van der Waals surface area contributed by atoms with Crippen LogP contribution in [0, 0.1) is 11.6 Å². The van der Waals surface area contributed by atoms with E-state index in [1.54, 1.807) is 30.3 Å². The number of carbonyl (C=O) groups is 2. The molecule has 2 N–H and O–H groups in total. The molecule has 3 aromatic rings. The smallest absolute Gasteiger partial charge is 0.352 e. The van der Waals surface area contributed by atoms with Crippen molar-refractivity contribution in [1.29, 1.82) is 0 Å². The molecule has 29 heavy (non-hydrogen) atoms. The summed E-state index contributed by atoms with van der Waals surface area (Å²) in [7, 11) is 0. The Kier molecular flexibility index (Phi) is 5.99. The molecule has 0 saturated heterocycles. The molecule has 0 atom stereocenters. The van der Waals surface area contributed by atoms with Gasteiger partial charge in [-0.1, -0.05) is 36.4 Å². The third-order valence-electron chi connectivity index (χ3n) is 3.85. The van der Waals surface area contributed by atoms with Crippen molar-refractivity contribution in [3.05, 3.63) is 101 Å². The van der Waals surface area contributed by atoms with E-state index in [9.17, 15) is 23.5 Å². The second kappa shape index (κ2) is 8.79. The number of nitrogens with one attached hydrogen (secondary N) is 1. The summed E-state index contributed by atoms with van der Waals surface area (Å²) in [4.78, 5) is 23.6. The standard InChI is InChI=1S/C22H15F2NO4/c23-17-7-4-8-19(20(17)24)29-16-11-9-14(10-12-16)13-18(22(27)28)25-21(26)15-5-2-1-3-6-15/h1-13H,(H,25,26)(H,27,28). The first-order valence-electron chi connectivity index (χ1n) is 8.47. The predicted octanol–water partition coefficient (Wildman–Crippen LogP) is 4.61. The van der Waals surface area contributed by atoms with Crippen LogP contribution in [-0.4, -0.2) is 17.0 Å². The maximum absolute atomic E-state index is 13.7. The van der Waals surface area contributed by atoms with Crippen LogP contribution in [-0.2, 0) is 4.79 Å². The SMILES string of the molecule is O=C(O)C(=Cc1ccc(Oc2cccc(F)c2F)cc1)NC(=O)c1ccccc1. The Morgan fingerprint density at radius 1 is 0.897 bits per heavy atom. The van der Waals surface area contributed by atoms with Crippen molar-refractivity contribution in [2.75, 3.05) is 0 Å². The molecule has 0 saturated carbocycles. The average molecular weight is 395 g/mol. The summed E-state index contributed by atoms with van der Waals surface area (Å²) in [5.41, 5.74) is 0.465. The first-order chi connectivity index (χ1) is 13.9. The molecule has 0 spiro atoms. The molecular weight excluding hydrogens is 380 g/mol. The molecule has 0 heterocycles. The summed E-state index contributed by atoms with van der Waals surface area (Å²) >= 11 is 0. The second-order valence-corrected chi connectivity index (χ2v) is 5.91. The van der Waals surface area contributed by atoms with Crippen molar-refractivity contribution < 1.29 is 28.2 Å². The van der Waals surface area contributed by atoms with E-state index in [2.05, 4.69) is 5.32 Å². The Labute approximate surface area is 164 Å².